The maximum absolute atomic E-state index is 12.1. The normalized spacial score (nSPS) is 14.5. The number of imidazole rings is 1. The van der Waals surface area contributed by atoms with E-state index in [1.165, 1.54) is 0 Å². The summed E-state index contributed by atoms with van der Waals surface area (Å²) in [5.41, 5.74) is 25.8. The van der Waals surface area contributed by atoms with E-state index in [2.05, 4.69) is 20.9 Å². The molecule has 1 atom stereocenters. The molecule has 1 aliphatic rings. The summed E-state index contributed by atoms with van der Waals surface area (Å²) in [6.07, 6.45) is 3.04. The van der Waals surface area contributed by atoms with Gasteiger partial charge >= 0.3 is 0 Å². The lowest BCUT2D eigenvalue weighted by Gasteiger charge is -2.44. The molecule has 2 heterocycles. The standard InChI is InChI=1S/C39H43N7O4/c1-25-3-2-4-26(15-25)18-35-37(21-39(42)50)45(24-43-35)22-27-16-28(19-33(48)17-27)34-11-10-32(47)20-36(34)46-14-13-44(23-31(46)9-12-38(41)49)30-7-5-29(40)6-8-30/h2-8,10-11,15-17,19-20,24,31,47-48H,9,12-14,18,21-23,40H2,1H3,(H2,41,49)(H2,42,50). The molecule has 11 heteroatoms. The molecule has 5 aromatic rings. The average molecular weight is 674 g/mol. The predicted molar refractivity (Wildman–Crippen MR) is 196 cm³/mol. The van der Waals surface area contributed by atoms with E-state index in [4.69, 9.17) is 17.2 Å². The largest absolute Gasteiger partial charge is 0.508 e. The van der Waals surface area contributed by atoms with Crippen LogP contribution in [0.3, 0.4) is 0 Å². The summed E-state index contributed by atoms with van der Waals surface area (Å²) in [7, 11) is 0. The highest BCUT2D eigenvalue weighted by Crippen LogP contribution is 2.39. The number of primary amides is 2. The van der Waals surface area contributed by atoms with E-state index in [1.54, 1.807) is 30.6 Å². The maximum atomic E-state index is 12.1. The van der Waals surface area contributed by atoms with Gasteiger partial charge in [0.1, 0.15) is 11.5 Å². The van der Waals surface area contributed by atoms with Gasteiger partial charge in [-0.2, -0.15) is 0 Å². The van der Waals surface area contributed by atoms with E-state index >= 15 is 0 Å². The number of nitrogens with two attached hydrogens (primary N) is 3. The van der Waals surface area contributed by atoms with Gasteiger partial charge in [0, 0.05) is 73.8 Å². The molecule has 50 heavy (non-hydrogen) atoms. The van der Waals surface area contributed by atoms with Crippen LogP contribution in [0.25, 0.3) is 11.1 Å². The van der Waals surface area contributed by atoms with Crippen LogP contribution < -0.4 is 27.0 Å². The number of phenols is 2. The molecule has 2 amide bonds. The topological polar surface area (TPSA) is 177 Å². The SMILES string of the molecule is Cc1cccc(Cc2ncn(Cc3cc(O)cc(-c4ccc(O)cc4N4CCN(c5ccc(N)cc5)CC4CCC(N)=O)c3)c2CC(N)=O)c1. The molecule has 1 aromatic heterocycles. The minimum Gasteiger partial charge on any atom is -0.508 e. The maximum Gasteiger partial charge on any atom is 0.223 e. The highest BCUT2D eigenvalue weighted by molar-refractivity contribution is 5.82. The Bertz CT molecular complexity index is 2010. The van der Waals surface area contributed by atoms with E-state index in [1.807, 2.05) is 66.1 Å². The van der Waals surface area contributed by atoms with Crippen molar-refractivity contribution in [3.05, 3.63) is 119 Å². The molecule has 0 aliphatic carbocycles. The number of aromatic nitrogens is 2. The van der Waals surface area contributed by atoms with Gasteiger partial charge < -0.3 is 41.8 Å². The van der Waals surface area contributed by atoms with Crippen molar-refractivity contribution in [3.8, 4) is 22.6 Å². The molecule has 8 N–H and O–H groups in total. The Morgan fingerprint density at radius 2 is 1.68 bits per heavy atom. The quantitative estimate of drug-likeness (QED) is 0.120. The third kappa shape index (κ3) is 8.00. The van der Waals surface area contributed by atoms with Gasteiger partial charge in [-0.15, -0.1) is 0 Å². The lowest BCUT2D eigenvalue weighted by Crippen LogP contribution is -2.54. The number of anilines is 3. The summed E-state index contributed by atoms with van der Waals surface area (Å²) in [6.45, 7) is 4.33. The number of carbonyl (C=O) groups is 2. The van der Waals surface area contributed by atoms with Crippen LogP contribution >= 0.6 is 0 Å². The number of carbonyl (C=O) groups excluding carboxylic acids is 2. The molecule has 11 nitrogen and oxygen atoms in total. The first-order valence-corrected chi connectivity index (χ1v) is 16.7. The molecular weight excluding hydrogens is 630 g/mol. The highest BCUT2D eigenvalue weighted by atomic mass is 16.3. The van der Waals surface area contributed by atoms with Crippen molar-refractivity contribution in [2.75, 3.05) is 35.2 Å². The van der Waals surface area contributed by atoms with Crippen molar-refractivity contribution >= 4 is 28.9 Å². The molecular formula is C39H43N7O4. The molecule has 258 valence electrons. The summed E-state index contributed by atoms with van der Waals surface area (Å²) >= 11 is 0. The van der Waals surface area contributed by atoms with Crippen LogP contribution in [-0.2, 0) is 29.0 Å². The van der Waals surface area contributed by atoms with E-state index < -0.39 is 5.91 Å². The van der Waals surface area contributed by atoms with Gasteiger partial charge in [-0.3, -0.25) is 9.59 Å². The molecule has 1 unspecified atom stereocenters. The molecule has 1 aliphatic heterocycles. The first-order valence-electron chi connectivity index (χ1n) is 16.7. The number of phenolic OH excluding ortho intramolecular Hbond substituents is 2. The summed E-state index contributed by atoms with van der Waals surface area (Å²) in [5, 5.41) is 21.7. The first kappa shape index (κ1) is 33.9. The molecule has 1 saturated heterocycles. The van der Waals surface area contributed by atoms with Crippen molar-refractivity contribution in [2.24, 2.45) is 11.5 Å². The van der Waals surface area contributed by atoms with Crippen molar-refractivity contribution in [1.82, 2.24) is 9.55 Å². The Morgan fingerprint density at radius 3 is 2.42 bits per heavy atom. The number of hydrogen-bond donors (Lipinski definition) is 5. The van der Waals surface area contributed by atoms with Crippen molar-refractivity contribution in [1.29, 1.82) is 0 Å². The number of aryl methyl sites for hydroxylation is 1. The van der Waals surface area contributed by atoms with E-state index in [0.717, 1.165) is 50.6 Å². The van der Waals surface area contributed by atoms with Gasteiger partial charge in [-0.1, -0.05) is 29.8 Å². The smallest absolute Gasteiger partial charge is 0.223 e. The fourth-order valence-corrected chi connectivity index (χ4v) is 6.88. The first-order chi connectivity index (χ1) is 24.0. The number of amides is 2. The van der Waals surface area contributed by atoms with Crippen LogP contribution in [-0.4, -0.2) is 57.3 Å². The number of rotatable bonds is 12. The zero-order chi connectivity index (χ0) is 35.4. The molecule has 0 saturated carbocycles. The summed E-state index contributed by atoms with van der Waals surface area (Å²) < 4.78 is 1.91. The van der Waals surface area contributed by atoms with Gasteiger partial charge in [-0.05, 0) is 84.6 Å². The van der Waals surface area contributed by atoms with Crippen LogP contribution in [0.15, 0.2) is 91.3 Å². The van der Waals surface area contributed by atoms with Gasteiger partial charge in [0.15, 0.2) is 0 Å². The van der Waals surface area contributed by atoms with Crippen LogP contribution in [0.2, 0.25) is 0 Å². The van der Waals surface area contributed by atoms with Crippen LogP contribution in [0.1, 0.15) is 40.9 Å². The number of aromatic hydroxyl groups is 2. The monoisotopic (exact) mass is 673 g/mol. The second-order valence-electron chi connectivity index (χ2n) is 13.1. The summed E-state index contributed by atoms with van der Waals surface area (Å²) in [6, 6.07) is 26.4. The Hall–Kier alpha value is -5.97. The lowest BCUT2D eigenvalue weighted by molar-refractivity contribution is -0.118. The summed E-state index contributed by atoms with van der Waals surface area (Å²) in [5.74, 6) is -0.647. The number of nitrogens with zero attached hydrogens (tertiary/aromatic N) is 4. The Kier molecular flexibility index (Phi) is 9.94. The Balaban J connectivity index is 1.32. The molecule has 1 fully saturated rings. The average Bonchev–Trinajstić information content (AvgIpc) is 3.42. The molecule has 4 aromatic carbocycles. The Morgan fingerprint density at radius 1 is 0.880 bits per heavy atom. The van der Waals surface area contributed by atoms with E-state index in [9.17, 15) is 19.8 Å². The zero-order valence-electron chi connectivity index (χ0n) is 28.1. The highest BCUT2D eigenvalue weighted by Gasteiger charge is 2.30. The van der Waals surface area contributed by atoms with Gasteiger partial charge in [0.05, 0.1) is 24.1 Å². The number of benzene rings is 4. The minimum atomic E-state index is -0.454. The molecule has 0 radical (unpaired) electrons. The van der Waals surface area contributed by atoms with Crippen LogP contribution in [0.5, 0.6) is 11.5 Å². The minimum absolute atomic E-state index is 0.0317. The van der Waals surface area contributed by atoms with Gasteiger partial charge in [-0.25, -0.2) is 4.98 Å². The summed E-state index contributed by atoms with van der Waals surface area (Å²) in [4.78, 5) is 33.2. The lowest BCUT2D eigenvalue weighted by atomic mass is 9.97. The third-order valence-corrected chi connectivity index (χ3v) is 9.23. The van der Waals surface area contributed by atoms with Crippen molar-refractivity contribution < 1.29 is 19.8 Å². The molecule has 6 rings (SSSR count). The third-order valence-electron chi connectivity index (χ3n) is 9.23. The Labute approximate surface area is 291 Å². The number of hydrogen-bond acceptors (Lipinski definition) is 8. The zero-order valence-corrected chi connectivity index (χ0v) is 28.1. The second kappa shape index (κ2) is 14.7. The van der Waals surface area contributed by atoms with Crippen LogP contribution in [0.4, 0.5) is 17.1 Å². The van der Waals surface area contributed by atoms with Crippen LogP contribution in [0, 0.1) is 6.92 Å². The number of nitrogen functional groups attached to an aromatic ring is 1. The van der Waals surface area contributed by atoms with Crippen molar-refractivity contribution in [2.45, 2.75) is 45.2 Å². The van der Waals surface area contributed by atoms with Gasteiger partial charge in [0.2, 0.25) is 11.8 Å². The van der Waals surface area contributed by atoms with E-state index in [0.29, 0.717) is 44.7 Å². The van der Waals surface area contributed by atoms with Gasteiger partial charge in [0.25, 0.3) is 0 Å². The second-order valence-corrected chi connectivity index (χ2v) is 13.1. The predicted octanol–water partition coefficient (Wildman–Crippen LogP) is 4.48. The fourth-order valence-electron chi connectivity index (χ4n) is 6.88. The fraction of sp³-hybridized carbons (Fsp3) is 0.256. The number of piperazine rings is 1. The van der Waals surface area contributed by atoms with Crippen molar-refractivity contribution in [3.63, 3.8) is 0 Å². The van der Waals surface area contributed by atoms with E-state index in [-0.39, 0.29) is 36.3 Å². The molecule has 0 spiro atoms. The molecule has 0 bridgehead atoms.